The molecule has 0 bridgehead atoms. The van der Waals surface area contributed by atoms with Gasteiger partial charge in [-0.15, -0.1) is 0 Å². The highest BCUT2D eigenvalue weighted by molar-refractivity contribution is 6.04. The van der Waals surface area contributed by atoms with Crippen LogP contribution in [0.4, 0.5) is 11.4 Å². The van der Waals surface area contributed by atoms with Crippen molar-refractivity contribution in [3.63, 3.8) is 0 Å². The number of anilines is 2. The number of hydrogen-bond acceptors (Lipinski definition) is 4. The van der Waals surface area contributed by atoms with Gasteiger partial charge in [-0.25, -0.2) is 0 Å². The molecule has 5 heteroatoms. The number of benzene rings is 1. The molecule has 0 saturated carbocycles. The summed E-state index contributed by atoms with van der Waals surface area (Å²) in [6, 6.07) is 10.5. The lowest BCUT2D eigenvalue weighted by atomic mass is 10.2. The minimum atomic E-state index is -0.231. The van der Waals surface area contributed by atoms with Gasteiger partial charge in [0, 0.05) is 24.6 Å². The minimum Gasteiger partial charge on any atom is -0.384 e. The van der Waals surface area contributed by atoms with Crippen LogP contribution < -0.4 is 10.6 Å². The standard InChI is InChI=1S/C17H18N4O/c1-12(2)9-20-16-7-14(10-19-11-16)17(22)21-15-5-3-13(8-18)4-6-15/h3-7,10-12,20H,9H2,1-2H3,(H,21,22). The van der Waals surface area contributed by atoms with Crippen molar-refractivity contribution in [1.29, 1.82) is 5.26 Å². The summed E-state index contributed by atoms with van der Waals surface area (Å²) in [6.07, 6.45) is 3.22. The number of carbonyl (C=O) groups excluding carboxylic acids is 1. The molecule has 2 N–H and O–H groups in total. The minimum absolute atomic E-state index is 0.231. The van der Waals surface area contributed by atoms with Gasteiger partial charge in [0.05, 0.1) is 22.9 Å². The van der Waals surface area contributed by atoms with E-state index in [1.165, 1.54) is 6.20 Å². The highest BCUT2D eigenvalue weighted by Crippen LogP contribution is 2.13. The molecule has 2 aromatic rings. The fourth-order valence-corrected chi connectivity index (χ4v) is 1.81. The first kappa shape index (κ1) is 15.5. The Hall–Kier alpha value is -2.87. The van der Waals surface area contributed by atoms with Crippen LogP contribution in [0.25, 0.3) is 0 Å². The van der Waals surface area contributed by atoms with Crippen molar-refractivity contribution in [1.82, 2.24) is 4.98 Å². The molecule has 0 fully saturated rings. The summed E-state index contributed by atoms with van der Waals surface area (Å²) in [5, 5.41) is 14.8. The molecule has 1 aromatic carbocycles. The van der Waals surface area contributed by atoms with Crippen LogP contribution >= 0.6 is 0 Å². The average molecular weight is 294 g/mol. The van der Waals surface area contributed by atoms with Gasteiger partial charge in [0.1, 0.15) is 0 Å². The first-order valence-electron chi connectivity index (χ1n) is 7.09. The molecule has 1 heterocycles. The molecule has 0 saturated heterocycles. The van der Waals surface area contributed by atoms with Crippen LogP contribution in [0.2, 0.25) is 0 Å². The van der Waals surface area contributed by atoms with Gasteiger partial charge in [-0.3, -0.25) is 9.78 Å². The first-order valence-corrected chi connectivity index (χ1v) is 7.09. The van der Waals surface area contributed by atoms with E-state index >= 15 is 0 Å². The second kappa shape index (κ2) is 7.23. The van der Waals surface area contributed by atoms with Gasteiger partial charge in [-0.1, -0.05) is 13.8 Å². The molecule has 5 nitrogen and oxygen atoms in total. The van der Waals surface area contributed by atoms with Crippen molar-refractivity contribution in [2.24, 2.45) is 5.92 Å². The van der Waals surface area contributed by atoms with Crippen molar-refractivity contribution in [3.05, 3.63) is 53.9 Å². The summed E-state index contributed by atoms with van der Waals surface area (Å²) in [5.41, 5.74) is 2.50. The van der Waals surface area contributed by atoms with Crippen LogP contribution in [0, 0.1) is 17.2 Å². The van der Waals surface area contributed by atoms with Crippen molar-refractivity contribution in [2.75, 3.05) is 17.2 Å². The Kier molecular flexibility index (Phi) is 5.10. The van der Waals surface area contributed by atoms with E-state index in [0.717, 1.165) is 12.2 Å². The van der Waals surface area contributed by atoms with E-state index in [1.807, 2.05) is 6.07 Å². The number of nitrogens with one attached hydrogen (secondary N) is 2. The highest BCUT2D eigenvalue weighted by Gasteiger charge is 2.08. The third-order valence-corrected chi connectivity index (χ3v) is 2.99. The third kappa shape index (κ3) is 4.32. The predicted molar refractivity (Wildman–Crippen MR) is 86.7 cm³/mol. The van der Waals surface area contributed by atoms with Crippen LogP contribution in [0.3, 0.4) is 0 Å². The molecule has 0 aliphatic rings. The van der Waals surface area contributed by atoms with Gasteiger partial charge in [0.15, 0.2) is 0 Å². The lowest BCUT2D eigenvalue weighted by Crippen LogP contribution is -2.13. The molecule has 0 aliphatic carbocycles. The normalized spacial score (nSPS) is 10.1. The number of carbonyl (C=O) groups is 1. The number of pyridine rings is 1. The Morgan fingerprint density at radius 3 is 2.59 bits per heavy atom. The van der Waals surface area contributed by atoms with Gasteiger partial charge in [-0.2, -0.15) is 5.26 Å². The number of amides is 1. The topological polar surface area (TPSA) is 77.8 Å². The largest absolute Gasteiger partial charge is 0.384 e. The van der Waals surface area contributed by atoms with E-state index in [0.29, 0.717) is 22.7 Å². The summed E-state index contributed by atoms with van der Waals surface area (Å²) < 4.78 is 0. The summed E-state index contributed by atoms with van der Waals surface area (Å²) in [6.45, 7) is 5.05. The molecule has 0 radical (unpaired) electrons. The van der Waals surface area contributed by atoms with E-state index in [1.54, 1.807) is 36.5 Å². The van der Waals surface area contributed by atoms with Gasteiger partial charge >= 0.3 is 0 Å². The molecule has 0 spiro atoms. The molecular formula is C17H18N4O. The van der Waals surface area contributed by atoms with Gasteiger partial charge < -0.3 is 10.6 Å². The number of aromatic nitrogens is 1. The van der Waals surface area contributed by atoms with E-state index in [9.17, 15) is 4.79 Å². The molecule has 0 unspecified atom stereocenters. The maximum absolute atomic E-state index is 12.2. The quantitative estimate of drug-likeness (QED) is 0.887. The highest BCUT2D eigenvalue weighted by atomic mass is 16.1. The van der Waals surface area contributed by atoms with Crippen LogP contribution in [0.1, 0.15) is 29.8 Å². The Labute approximate surface area is 130 Å². The molecule has 112 valence electrons. The van der Waals surface area contributed by atoms with Gasteiger partial charge in [-0.05, 0) is 36.2 Å². The van der Waals surface area contributed by atoms with Gasteiger partial charge in [0.25, 0.3) is 5.91 Å². The fraction of sp³-hybridized carbons (Fsp3) is 0.235. The van der Waals surface area contributed by atoms with Crippen molar-refractivity contribution in [3.8, 4) is 6.07 Å². The Balaban J connectivity index is 2.05. The smallest absolute Gasteiger partial charge is 0.257 e. The number of rotatable bonds is 5. The van der Waals surface area contributed by atoms with Crippen molar-refractivity contribution < 1.29 is 4.79 Å². The number of nitriles is 1. The molecule has 1 amide bonds. The molecule has 1 aromatic heterocycles. The second-order valence-corrected chi connectivity index (χ2v) is 5.38. The van der Waals surface area contributed by atoms with Crippen LogP contribution in [-0.4, -0.2) is 17.4 Å². The maximum Gasteiger partial charge on any atom is 0.257 e. The monoisotopic (exact) mass is 294 g/mol. The summed E-state index contributed by atoms with van der Waals surface area (Å²) in [5.74, 6) is 0.279. The Morgan fingerprint density at radius 1 is 1.23 bits per heavy atom. The van der Waals surface area contributed by atoms with E-state index < -0.39 is 0 Å². The van der Waals surface area contributed by atoms with Crippen LogP contribution in [-0.2, 0) is 0 Å². The maximum atomic E-state index is 12.2. The van der Waals surface area contributed by atoms with Crippen molar-refractivity contribution in [2.45, 2.75) is 13.8 Å². The van der Waals surface area contributed by atoms with E-state index in [2.05, 4.69) is 29.5 Å². The zero-order valence-electron chi connectivity index (χ0n) is 12.6. The average Bonchev–Trinajstić information content (AvgIpc) is 2.54. The van der Waals surface area contributed by atoms with Crippen LogP contribution in [0.5, 0.6) is 0 Å². The fourth-order valence-electron chi connectivity index (χ4n) is 1.81. The number of nitrogens with zero attached hydrogens (tertiary/aromatic N) is 2. The Bertz CT molecular complexity index is 687. The molecule has 0 atom stereocenters. The number of hydrogen-bond donors (Lipinski definition) is 2. The zero-order chi connectivity index (χ0) is 15.9. The lowest BCUT2D eigenvalue weighted by molar-refractivity contribution is 0.102. The molecule has 22 heavy (non-hydrogen) atoms. The first-order chi connectivity index (χ1) is 10.6. The molecule has 2 rings (SSSR count). The SMILES string of the molecule is CC(C)CNc1cncc(C(=O)Nc2ccc(C#N)cc2)c1. The second-order valence-electron chi connectivity index (χ2n) is 5.38. The van der Waals surface area contributed by atoms with Gasteiger partial charge in [0.2, 0.25) is 0 Å². The summed E-state index contributed by atoms with van der Waals surface area (Å²) >= 11 is 0. The lowest BCUT2D eigenvalue weighted by Gasteiger charge is -2.10. The van der Waals surface area contributed by atoms with E-state index in [4.69, 9.17) is 5.26 Å². The van der Waals surface area contributed by atoms with Crippen molar-refractivity contribution >= 4 is 17.3 Å². The van der Waals surface area contributed by atoms with E-state index in [-0.39, 0.29) is 5.91 Å². The predicted octanol–water partition coefficient (Wildman–Crippen LogP) is 3.27. The Morgan fingerprint density at radius 2 is 1.95 bits per heavy atom. The molecular weight excluding hydrogens is 276 g/mol. The van der Waals surface area contributed by atoms with Crippen LogP contribution in [0.15, 0.2) is 42.7 Å². The zero-order valence-corrected chi connectivity index (χ0v) is 12.6. The summed E-state index contributed by atoms with van der Waals surface area (Å²) in [7, 11) is 0. The third-order valence-electron chi connectivity index (χ3n) is 2.99. The molecule has 0 aliphatic heterocycles. The summed E-state index contributed by atoms with van der Waals surface area (Å²) in [4.78, 5) is 16.3.